The number of ether oxygens (including phenoxy) is 4. The lowest BCUT2D eigenvalue weighted by Crippen LogP contribution is -2.35. The number of allylic oxidation sites excluding steroid dienone is 2. The van der Waals surface area contributed by atoms with Crippen LogP contribution in [0.15, 0.2) is 41.0 Å². The molecule has 2 aliphatic rings. The van der Waals surface area contributed by atoms with Crippen molar-refractivity contribution in [2.45, 2.75) is 32.6 Å². The summed E-state index contributed by atoms with van der Waals surface area (Å²) in [6.45, 7) is 3.99. The second-order valence-corrected chi connectivity index (χ2v) is 7.67. The van der Waals surface area contributed by atoms with Crippen LogP contribution in [-0.4, -0.2) is 33.1 Å². The average molecular weight is 387 g/mol. The van der Waals surface area contributed by atoms with Crippen LogP contribution in [0.4, 0.5) is 0 Å². The number of carbonyl (C=O) groups excluding carboxylic acids is 2. The van der Waals surface area contributed by atoms with Crippen LogP contribution in [0.5, 0.6) is 11.5 Å². The fraction of sp³-hybridized carbons (Fsp3) is 0.429. The van der Waals surface area contributed by atoms with E-state index in [4.69, 9.17) is 24.7 Å². The molecule has 1 aliphatic heterocycles. The minimum atomic E-state index is -0.759. The molecule has 3 rings (SSSR count). The van der Waals surface area contributed by atoms with Crippen molar-refractivity contribution >= 4 is 11.8 Å². The van der Waals surface area contributed by atoms with Gasteiger partial charge in [-0.2, -0.15) is 0 Å². The molecule has 1 heterocycles. The van der Waals surface area contributed by atoms with Gasteiger partial charge in [-0.25, -0.2) is 4.79 Å². The van der Waals surface area contributed by atoms with E-state index < -0.39 is 11.9 Å². The van der Waals surface area contributed by atoms with Crippen molar-refractivity contribution < 1.29 is 28.5 Å². The second kappa shape index (κ2) is 7.22. The summed E-state index contributed by atoms with van der Waals surface area (Å²) in [5.41, 5.74) is 6.96. The molecule has 0 aromatic heterocycles. The van der Waals surface area contributed by atoms with E-state index in [1.54, 1.807) is 18.2 Å². The van der Waals surface area contributed by atoms with Gasteiger partial charge in [-0.05, 0) is 11.5 Å². The summed E-state index contributed by atoms with van der Waals surface area (Å²) in [6.07, 6.45) is 0.873. The van der Waals surface area contributed by atoms with Crippen LogP contribution in [0.1, 0.15) is 38.2 Å². The van der Waals surface area contributed by atoms with E-state index in [1.807, 2.05) is 13.8 Å². The largest absolute Gasteiger partial charge is 0.493 e. The molecule has 1 aromatic rings. The van der Waals surface area contributed by atoms with Crippen LogP contribution in [0.3, 0.4) is 0 Å². The summed E-state index contributed by atoms with van der Waals surface area (Å²) in [5, 5.41) is 0. The number of hydrogen-bond donors (Lipinski definition) is 1. The van der Waals surface area contributed by atoms with Crippen LogP contribution in [0, 0.1) is 5.41 Å². The van der Waals surface area contributed by atoms with Gasteiger partial charge >= 0.3 is 5.97 Å². The van der Waals surface area contributed by atoms with Gasteiger partial charge in [-0.3, -0.25) is 4.79 Å². The molecule has 1 atom stereocenters. The maximum Gasteiger partial charge on any atom is 0.340 e. The Morgan fingerprint density at radius 2 is 1.89 bits per heavy atom. The van der Waals surface area contributed by atoms with Crippen molar-refractivity contribution in [2.75, 3.05) is 21.3 Å². The van der Waals surface area contributed by atoms with Crippen LogP contribution in [-0.2, 0) is 19.1 Å². The molecule has 0 fully saturated rings. The lowest BCUT2D eigenvalue weighted by Gasteiger charge is -2.38. The number of hydrogen-bond acceptors (Lipinski definition) is 7. The quantitative estimate of drug-likeness (QED) is 0.794. The molecule has 0 saturated carbocycles. The topological polar surface area (TPSA) is 97.1 Å². The molecule has 1 aromatic carbocycles. The zero-order valence-corrected chi connectivity index (χ0v) is 16.8. The van der Waals surface area contributed by atoms with Gasteiger partial charge in [0.2, 0.25) is 5.88 Å². The highest BCUT2D eigenvalue weighted by molar-refractivity contribution is 6.03. The Morgan fingerprint density at radius 1 is 1.18 bits per heavy atom. The summed E-state index contributed by atoms with van der Waals surface area (Å²) in [7, 11) is 4.29. The van der Waals surface area contributed by atoms with Gasteiger partial charge < -0.3 is 24.7 Å². The molecule has 0 radical (unpaired) electrons. The number of methoxy groups -OCH3 is 3. The van der Waals surface area contributed by atoms with E-state index in [-0.39, 0.29) is 22.7 Å². The van der Waals surface area contributed by atoms with E-state index >= 15 is 0 Å². The third-order valence-corrected chi connectivity index (χ3v) is 5.10. The fourth-order valence-electron chi connectivity index (χ4n) is 3.94. The molecule has 28 heavy (non-hydrogen) atoms. The van der Waals surface area contributed by atoms with E-state index in [0.717, 1.165) is 0 Å². The standard InChI is InChI=1S/C21H25NO6/c1-21(2)9-12(23)16-14(10-21)28-19(22)17(20(24)27-5)15(16)11-7-6-8-13(25-3)18(11)26-4/h6-8,15H,9-10,22H2,1-5H3. The molecule has 2 N–H and O–H groups in total. The minimum Gasteiger partial charge on any atom is -0.493 e. The van der Waals surface area contributed by atoms with Crippen LogP contribution < -0.4 is 15.2 Å². The first-order valence-electron chi connectivity index (χ1n) is 8.97. The van der Waals surface area contributed by atoms with Crippen molar-refractivity contribution in [3.05, 3.63) is 46.6 Å². The van der Waals surface area contributed by atoms with Gasteiger partial charge in [0.25, 0.3) is 0 Å². The summed E-state index contributed by atoms with van der Waals surface area (Å²) in [4.78, 5) is 25.7. The lowest BCUT2D eigenvalue weighted by molar-refractivity contribution is -0.136. The van der Waals surface area contributed by atoms with Crippen molar-refractivity contribution in [3.8, 4) is 11.5 Å². The molecule has 0 amide bonds. The third-order valence-electron chi connectivity index (χ3n) is 5.10. The average Bonchev–Trinajstić information content (AvgIpc) is 2.64. The Morgan fingerprint density at radius 3 is 2.50 bits per heavy atom. The number of nitrogens with two attached hydrogens (primary N) is 1. The number of Topliss-reactive ketones (excluding diaryl/α,β-unsaturated/α-hetero) is 1. The number of esters is 1. The van der Waals surface area contributed by atoms with Crippen molar-refractivity contribution in [1.82, 2.24) is 0 Å². The summed E-state index contributed by atoms with van der Waals surface area (Å²) in [5.74, 6) is -0.167. The SMILES string of the molecule is COC(=O)C1=C(N)OC2=C(C(=O)CC(C)(C)C2)C1c1cccc(OC)c1OC. The first-order chi connectivity index (χ1) is 13.2. The highest BCUT2D eigenvalue weighted by atomic mass is 16.5. The van der Waals surface area contributed by atoms with E-state index in [9.17, 15) is 9.59 Å². The Kier molecular flexibility index (Phi) is 5.10. The summed E-state index contributed by atoms with van der Waals surface area (Å²) < 4.78 is 21.6. The molecule has 0 spiro atoms. The zero-order valence-electron chi connectivity index (χ0n) is 16.8. The Balaban J connectivity index is 2.29. The van der Waals surface area contributed by atoms with Gasteiger partial charge in [0, 0.05) is 24.0 Å². The Bertz CT molecular complexity index is 896. The lowest BCUT2D eigenvalue weighted by atomic mass is 9.70. The van der Waals surface area contributed by atoms with Gasteiger partial charge in [0.05, 0.1) is 27.2 Å². The minimum absolute atomic E-state index is 0.0639. The van der Waals surface area contributed by atoms with Crippen LogP contribution in [0.25, 0.3) is 0 Å². The normalized spacial score (nSPS) is 21.0. The molecule has 1 aliphatic carbocycles. The smallest absolute Gasteiger partial charge is 0.340 e. The monoisotopic (exact) mass is 387 g/mol. The van der Waals surface area contributed by atoms with Gasteiger partial charge in [-0.1, -0.05) is 26.0 Å². The number of para-hydroxylation sites is 1. The van der Waals surface area contributed by atoms with E-state index in [0.29, 0.717) is 41.2 Å². The van der Waals surface area contributed by atoms with Gasteiger partial charge in [0.1, 0.15) is 11.3 Å². The molecular formula is C21H25NO6. The molecule has 0 saturated heterocycles. The maximum atomic E-state index is 13.1. The fourth-order valence-corrected chi connectivity index (χ4v) is 3.94. The van der Waals surface area contributed by atoms with E-state index in [1.165, 1.54) is 21.3 Å². The highest BCUT2D eigenvalue weighted by Crippen LogP contribution is 2.51. The predicted octanol–water partition coefficient (Wildman–Crippen LogP) is 2.80. The molecular weight excluding hydrogens is 362 g/mol. The third kappa shape index (κ3) is 3.21. The van der Waals surface area contributed by atoms with Gasteiger partial charge in [0.15, 0.2) is 17.3 Å². The molecule has 1 unspecified atom stereocenters. The zero-order chi connectivity index (χ0) is 20.6. The van der Waals surface area contributed by atoms with Crippen LogP contribution >= 0.6 is 0 Å². The number of carbonyl (C=O) groups is 2. The van der Waals surface area contributed by atoms with Crippen molar-refractivity contribution in [3.63, 3.8) is 0 Å². The number of ketones is 1. The highest BCUT2D eigenvalue weighted by Gasteiger charge is 2.46. The van der Waals surface area contributed by atoms with Crippen molar-refractivity contribution in [1.29, 1.82) is 0 Å². The molecule has 150 valence electrons. The Hall–Kier alpha value is -2.96. The van der Waals surface area contributed by atoms with Gasteiger partial charge in [-0.15, -0.1) is 0 Å². The summed E-state index contributed by atoms with van der Waals surface area (Å²) >= 11 is 0. The second-order valence-electron chi connectivity index (χ2n) is 7.67. The van der Waals surface area contributed by atoms with E-state index in [2.05, 4.69) is 0 Å². The van der Waals surface area contributed by atoms with Crippen molar-refractivity contribution in [2.24, 2.45) is 11.1 Å². The number of rotatable bonds is 4. The molecule has 7 nitrogen and oxygen atoms in total. The first kappa shape index (κ1) is 19.8. The van der Waals surface area contributed by atoms with Crippen LogP contribution in [0.2, 0.25) is 0 Å². The first-order valence-corrected chi connectivity index (χ1v) is 8.97. The molecule has 7 heteroatoms. The maximum absolute atomic E-state index is 13.1. The molecule has 0 bridgehead atoms. The number of benzene rings is 1. The predicted molar refractivity (Wildman–Crippen MR) is 102 cm³/mol. The summed E-state index contributed by atoms with van der Waals surface area (Å²) in [6, 6.07) is 5.30. The Labute approximate surface area is 164 Å².